The van der Waals surface area contributed by atoms with Crippen LogP contribution in [0.15, 0.2) is 24.3 Å². The number of hydrogen-bond acceptors (Lipinski definition) is 3. The number of hydrogen-bond donors (Lipinski definition) is 1. The van der Waals surface area contributed by atoms with Gasteiger partial charge >= 0.3 is 0 Å². The second kappa shape index (κ2) is 5.57. The monoisotopic (exact) mass is 264 g/mol. The predicted octanol–water partition coefficient (Wildman–Crippen LogP) is 2.08. The Balaban J connectivity index is 1.52. The second-order valence-corrected chi connectivity index (χ2v) is 5.67. The third-order valence-electron chi connectivity index (χ3n) is 4.15. The topological polar surface area (TPSA) is 38.5 Å². The molecule has 2 fully saturated rings. The smallest absolute Gasteiger partial charge is 0.123 e. The Morgan fingerprint density at radius 3 is 2.74 bits per heavy atom. The second-order valence-electron chi connectivity index (χ2n) is 5.67. The molecule has 1 aromatic rings. The van der Waals surface area contributed by atoms with Crippen molar-refractivity contribution in [3.63, 3.8) is 0 Å². The number of nitrogens with zero attached hydrogens (tertiary/aromatic N) is 1. The highest BCUT2D eigenvalue weighted by Gasteiger charge is 2.33. The molecule has 2 N–H and O–H groups in total. The fourth-order valence-corrected chi connectivity index (χ4v) is 3.11. The molecule has 19 heavy (non-hydrogen) atoms. The lowest BCUT2D eigenvalue weighted by molar-refractivity contribution is -0.0388. The van der Waals surface area contributed by atoms with Gasteiger partial charge in [-0.1, -0.05) is 12.1 Å². The van der Waals surface area contributed by atoms with Crippen LogP contribution in [0.4, 0.5) is 4.39 Å². The van der Waals surface area contributed by atoms with Crippen LogP contribution in [0, 0.1) is 5.82 Å². The highest BCUT2D eigenvalue weighted by Crippen LogP contribution is 2.26. The summed E-state index contributed by atoms with van der Waals surface area (Å²) in [6, 6.07) is 6.52. The van der Waals surface area contributed by atoms with Gasteiger partial charge in [-0.3, -0.25) is 4.90 Å². The van der Waals surface area contributed by atoms with E-state index in [1.54, 1.807) is 6.07 Å². The molecule has 3 nitrogen and oxygen atoms in total. The number of halogens is 1. The van der Waals surface area contributed by atoms with Gasteiger partial charge in [-0.15, -0.1) is 0 Å². The molecule has 104 valence electrons. The lowest BCUT2D eigenvalue weighted by atomic mass is 10.0. The number of nitrogens with two attached hydrogens (primary N) is 1. The Labute approximate surface area is 113 Å². The van der Waals surface area contributed by atoms with E-state index in [1.165, 1.54) is 25.0 Å². The zero-order valence-corrected chi connectivity index (χ0v) is 11.1. The molecule has 3 unspecified atom stereocenters. The first-order valence-corrected chi connectivity index (χ1v) is 7.09. The summed E-state index contributed by atoms with van der Waals surface area (Å²) in [5, 5.41) is 0. The van der Waals surface area contributed by atoms with Crippen molar-refractivity contribution in [2.45, 2.75) is 37.5 Å². The number of morpholine rings is 1. The number of likely N-dealkylation sites (tertiary alicyclic amines) is 1. The molecule has 3 rings (SSSR count). The van der Waals surface area contributed by atoms with Crippen LogP contribution >= 0.6 is 0 Å². The van der Waals surface area contributed by atoms with Crippen molar-refractivity contribution in [1.82, 2.24) is 4.90 Å². The lowest BCUT2D eigenvalue weighted by Gasteiger charge is -2.32. The van der Waals surface area contributed by atoms with Crippen molar-refractivity contribution in [3.05, 3.63) is 35.6 Å². The highest BCUT2D eigenvalue weighted by molar-refractivity contribution is 5.19. The average Bonchev–Trinajstić information content (AvgIpc) is 2.75. The van der Waals surface area contributed by atoms with Gasteiger partial charge in [0.05, 0.1) is 12.2 Å². The molecule has 0 spiro atoms. The summed E-state index contributed by atoms with van der Waals surface area (Å²) in [6.07, 6.45) is 4.09. The number of fused-ring (bicyclic) bond motifs is 2. The molecule has 2 saturated heterocycles. The largest absolute Gasteiger partial charge is 0.372 e. The van der Waals surface area contributed by atoms with Crippen molar-refractivity contribution in [2.75, 3.05) is 19.6 Å². The van der Waals surface area contributed by atoms with Crippen LogP contribution in [0.1, 0.15) is 30.9 Å². The van der Waals surface area contributed by atoms with Crippen LogP contribution in [0.3, 0.4) is 0 Å². The van der Waals surface area contributed by atoms with Gasteiger partial charge in [0, 0.05) is 25.7 Å². The molecular formula is C15H21FN2O. The summed E-state index contributed by atoms with van der Waals surface area (Å²) < 4.78 is 19.0. The van der Waals surface area contributed by atoms with E-state index in [2.05, 4.69) is 4.90 Å². The Morgan fingerprint density at radius 2 is 2.05 bits per heavy atom. The quantitative estimate of drug-likeness (QED) is 0.905. The Hall–Kier alpha value is -0.970. The molecule has 1 aromatic carbocycles. The summed E-state index contributed by atoms with van der Waals surface area (Å²) in [5.41, 5.74) is 7.03. The molecule has 0 radical (unpaired) electrons. The van der Waals surface area contributed by atoms with Gasteiger partial charge in [0.2, 0.25) is 0 Å². The van der Waals surface area contributed by atoms with Crippen LogP contribution in [0.2, 0.25) is 0 Å². The van der Waals surface area contributed by atoms with Crippen LogP contribution in [0.5, 0.6) is 0 Å². The fraction of sp³-hybridized carbons (Fsp3) is 0.600. The molecule has 2 heterocycles. The predicted molar refractivity (Wildman–Crippen MR) is 72.3 cm³/mol. The summed E-state index contributed by atoms with van der Waals surface area (Å²) in [7, 11) is 0. The SMILES string of the molecule is NC(CCN1CC2CCC(C1)O2)c1cccc(F)c1. The first-order valence-electron chi connectivity index (χ1n) is 7.09. The molecule has 3 atom stereocenters. The maximum absolute atomic E-state index is 13.2. The van der Waals surface area contributed by atoms with E-state index in [9.17, 15) is 4.39 Å². The van der Waals surface area contributed by atoms with E-state index in [1.807, 2.05) is 6.07 Å². The van der Waals surface area contributed by atoms with E-state index in [4.69, 9.17) is 10.5 Å². The minimum Gasteiger partial charge on any atom is -0.372 e. The lowest BCUT2D eigenvalue weighted by Crippen LogP contribution is -2.43. The minimum atomic E-state index is -0.211. The van der Waals surface area contributed by atoms with Crippen molar-refractivity contribution in [1.29, 1.82) is 0 Å². The van der Waals surface area contributed by atoms with Crippen molar-refractivity contribution in [2.24, 2.45) is 5.73 Å². The zero-order chi connectivity index (χ0) is 13.2. The normalized spacial score (nSPS) is 28.5. The fourth-order valence-electron chi connectivity index (χ4n) is 3.11. The maximum atomic E-state index is 13.2. The van der Waals surface area contributed by atoms with Gasteiger partial charge in [0.25, 0.3) is 0 Å². The van der Waals surface area contributed by atoms with E-state index >= 15 is 0 Å². The number of rotatable bonds is 4. The summed E-state index contributed by atoms with van der Waals surface area (Å²) >= 11 is 0. The molecule has 2 aliphatic heterocycles. The molecule has 0 aliphatic carbocycles. The molecule has 4 heteroatoms. The zero-order valence-electron chi connectivity index (χ0n) is 11.1. The van der Waals surface area contributed by atoms with Gasteiger partial charge < -0.3 is 10.5 Å². The highest BCUT2D eigenvalue weighted by atomic mass is 19.1. The Morgan fingerprint density at radius 1 is 1.32 bits per heavy atom. The van der Waals surface area contributed by atoms with Gasteiger partial charge in [-0.05, 0) is 37.0 Å². The summed E-state index contributed by atoms with van der Waals surface area (Å²) in [6.45, 7) is 3.01. The standard InChI is InChI=1S/C15H21FN2O/c16-12-3-1-2-11(8-12)15(17)6-7-18-9-13-4-5-14(10-18)19-13/h1-3,8,13-15H,4-7,9-10,17H2. The Bertz CT molecular complexity index is 428. The van der Waals surface area contributed by atoms with Crippen molar-refractivity contribution < 1.29 is 9.13 Å². The third kappa shape index (κ3) is 3.14. The van der Waals surface area contributed by atoms with Gasteiger partial charge in [-0.2, -0.15) is 0 Å². The van der Waals surface area contributed by atoms with Crippen molar-refractivity contribution in [3.8, 4) is 0 Å². The molecule has 0 saturated carbocycles. The molecule has 0 amide bonds. The van der Waals surface area contributed by atoms with Gasteiger partial charge in [0.1, 0.15) is 5.82 Å². The van der Waals surface area contributed by atoms with Crippen LogP contribution in [0.25, 0.3) is 0 Å². The van der Waals surface area contributed by atoms with E-state index in [-0.39, 0.29) is 11.9 Å². The minimum absolute atomic E-state index is 0.0869. The first-order chi connectivity index (χ1) is 9.20. The maximum Gasteiger partial charge on any atom is 0.123 e. The Kier molecular flexibility index (Phi) is 3.82. The molecule has 2 bridgehead atoms. The van der Waals surface area contributed by atoms with Gasteiger partial charge in [-0.25, -0.2) is 4.39 Å². The van der Waals surface area contributed by atoms with Crippen LogP contribution in [-0.4, -0.2) is 36.7 Å². The average molecular weight is 264 g/mol. The first kappa shape index (κ1) is 13.0. The molecular weight excluding hydrogens is 243 g/mol. The van der Waals surface area contributed by atoms with Crippen molar-refractivity contribution >= 4 is 0 Å². The van der Waals surface area contributed by atoms with Gasteiger partial charge in [0.15, 0.2) is 0 Å². The third-order valence-corrected chi connectivity index (χ3v) is 4.15. The van der Waals surface area contributed by atoms with E-state index in [0.717, 1.165) is 31.6 Å². The summed E-state index contributed by atoms with van der Waals surface area (Å²) in [5.74, 6) is -0.211. The van der Waals surface area contributed by atoms with E-state index in [0.29, 0.717) is 12.2 Å². The number of ether oxygens (including phenoxy) is 1. The van der Waals surface area contributed by atoms with Crippen LogP contribution < -0.4 is 5.73 Å². The molecule has 0 aromatic heterocycles. The van der Waals surface area contributed by atoms with E-state index < -0.39 is 0 Å². The number of benzene rings is 1. The molecule has 2 aliphatic rings. The van der Waals surface area contributed by atoms with Crippen LogP contribution in [-0.2, 0) is 4.74 Å². The summed E-state index contributed by atoms with van der Waals surface area (Å²) in [4.78, 5) is 2.44.